The van der Waals surface area contributed by atoms with E-state index >= 15 is 0 Å². The van der Waals surface area contributed by atoms with Crippen molar-refractivity contribution in [3.8, 4) is 0 Å². The van der Waals surface area contributed by atoms with E-state index in [4.69, 9.17) is 9.47 Å². The van der Waals surface area contributed by atoms with Crippen LogP contribution in [0.25, 0.3) is 0 Å². The van der Waals surface area contributed by atoms with Gasteiger partial charge in [-0.3, -0.25) is 9.59 Å². The number of esters is 2. The van der Waals surface area contributed by atoms with Gasteiger partial charge in [-0.2, -0.15) is 0 Å². The molecule has 0 N–H and O–H groups in total. The average molecular weight is 1030 g/mol. The molecule has 416 valence electrons. The summed E-state index contributed by atoms with van der Waals surface area (Å²) in [5.41, 5.74) is 0. The number of carbonyl (C=O) groups excluding carboxylic acids is 4. The number of hydrogen-bond acceptors (Lipinski definition) is 8. The van der Waals surface area contributed by atoms with Crippen LogP contribution in [0.15, 0.2) is 0 Å². The molecule has 0 aliphatic carbocycles. The maximum atomic E-state index is 12.3. The zero-order valence-corrected chi connectivity index (χ0v) is 50.1. The molecule has 9 heteroatoms. The number of ether oxygens (including phenoxy) is 2. The zero-order valence-electron chi connectivity index (χ0n) is 47.9. The fraction of sp³-hybridized carbons (Fsp3) is 0.935. The van der Waals surface area contributed by atoms with Crippen molar-refractivity contribution in [2.45, 2.75) is 374 Å². The summed E-state index contributed by atoms with van der Waals surface area (Å²) in [5.74, 6) is -1.81. The van der Waals surface area contributed by atoms with Gasteiger partial charge < -0.3 is 29.3 Å². The Morgan fingerprint density at radius 2 is 0.465 bits per heavy atom. The molecule has 71 heavy (non-hydrogen) atoms. The zero-order chi connectivity index (χ0) is 51.6. The van der Waals surface area contributed by atoms with Crippen LogP contribution in [0.5, 0.6) is 0 Å². The van der Waals surface area contributed by atoms with E-state index in [0.717, 1.165) is 116 Å². The second kappa shape index (κ2) is 63.4. The van der Waals surface area contributed by atoms with E-state index in [-0.39, 0.29) is 74.7 Å². The molecule has 0 radical (unpaired) electrons. The van der Waals surface area contributed by atoms with Crippen LogP contribution in [0.2, 0.25) is 0 Å². The molecule has 0 aromatic rings. The second-order valence-corrected chi connectivity index (χ2v) is 21.3. The summed E-state index contributed by atoms with van der Waals surface area (Å²) < 4.78 is 11.6. The van der Waals surface area contributed by atoms with Crippen LogP contribution < -0.4 is 10.2 Å². The van der Waals surface area contributed by atoms with Crippen molar-refractivity contribution in [3.05, 3.63) is 0 Å². The van der Waals surface area contributed by atoms with Gasteiger partial charge in [0.1, 0.15) is 12.2 Å². The second-order valence-electron chi connectivity index (χ2n) is 21.3. The first-order chi connectivity index (χ1) is 34.2. The average Bonchev–Trinajstić information content (AvgIpc) is 3.33. The molecule has 0 saturated heterocycles. The van der Waals surface area contributed by atoms with Crippen LogP contribution in [0.4, 0.5) is 0 Å². The van der Waals surface area contributed by atoms with Gasteiger partial charge in [0.15, 0.2) is 0 Å². The van der Waals surface area contributed by atoms with E-state index in [1.165, 1.54) is 193 Å². The smallest absolute Gasteiger partial charge is 0.550 e. The van der Waals surface area contributed by atoms with Crippen molar-refractivity contribution >= 4 is 61.6 Å². The van der Waals surface area contributed by atoms with Crippen LogP contribution in [0.3, 0.4) is 0 Å². The van der Waals surface area contributed by atoms with Crippen molar-refractivity contribution in [1.82, 2.24) is 0 Å². The molecule has 0 aliphatic heterocycles. The van der Waals surface area contributed by atoms with E-state index < -0.39 is 11.9 Å². The van der Waals surface area contributed by atoms with Crippen LogP contribution >= 0.6 is 0 Å². The van der Waals surface area contributed by atoms with Crippen molar-refractivity contribution in [2.24, 2.45) is 0 Å². The number of aliphatic carboxylic acids is 2. The summed E-state index contributed by atoms with van der Waals surface area (Å²) in [6.45, 7) is 8.87. The van der Waals surface area contributed by atoms with Crippen molar-refractivity contribution in [2.75, 3.05) is 0 Å². The molecule has 0 aromatic heterocycles. The number of carbonyl (C=O) groups is 4. The normalized spacial score (nSPS) is 11.9. The minimum absolute atomic E-state index is 0. The first-order valence-corrected chi connectivity index (χ1v) is 31.0. The summed E-state index contributed by atoms with van der Waals surface area (Å²) in [6.07, 6.45) is 59.7. The SMILES string of the molecule is CCCCCCCCCCCCC(=O)OC(CCC)CCCCCCCCCCCCCC(=O)[O-].CCCCCCCCCCCCC(=O)OC(CCC)CCCCCCCCCCCCCC(=O)[O-].[Ca+2]. The molecular formula is C62H118CaO8. The molecule has 0 bridgehead atoms. The Balaban J connectivity index is -0.00000128. The molecule has 2 atom stereocenters. The summed E-state index contributed by atoms with van der Waals surface area (Å²) in [5, 5.41) is 20.7. The molecule has 2 unspecified atom stereocenters. The topological polar surface area (TPSA) is 133 Å². The van der Waals surface area contributed by atoms with Gasteiger partial charge in [0.2, 0.25) is 0 Å². The van der Waals surface area contributed by atoms with Gasteiger partial charge in [0.05, 0.1) is 0 Å². The first-order valence-electron chi connectivity index (χ1n) is 31.0. The van der Waals surface area contributed by atoms with Crippen LogP contribution in [-0.4, -0.2) is 73.8 Å². The van der Waals surface area contributed by atoms with E-state index in [0.29, 0.717) is 12.8 Å². The van der Waals surface area contributed by atoms with Gasteiger partial charge in [0.25, 0.3) is 0 Å². The van der Waals surface area contributed by atoms with Crippen molar-refractivity contribution in [3.63, 3.8) is 0 Å². The van der Waals surface area contributed by atoms with Gasteiger partial charge >= 0.3 is 49.7 Å². The Labute approximate surface area is 471 Å². The summed E-state index contributed by atoms with van der Waals surface area (Å²) >= 11 is 0. The third-order valence-corrected chi connectivity index (χ3v) is 14.1. The fourth-order valence-electron chi connectivity index (χ4n) is 9.64. The Hall–Kier alpha value is -0.860. The molecule has 0 rings (SSSR count). The molecule has 0 spiro atoms. The Bertz CT molecular complexity index is 1020. The number of carboxylic acid groups (broad SMARTS) is 2. The van der Waals surface area contributed by atoms with Crippen molar-refractivity contribution < 1.29 is 38.9 Å². The predicted octanol–water partition coefficient (Wildman–Crippen LogP) is 17.3. The summed E-state index contributed by atoms with van der Waals surface area (Å²) in [7, 11) is 0. The largest absolute Gasteiger partial charge is 2.00 e. The van der Waals surface area contributed by atoms with Crippen LogP contribution in [-0.2, 0) is 28.7 Å². The first kappa shape index (κ1) is 74.4. The van der Waals surface area contributed by atoms with Gasteiger partial charge in [-0.15, -0.1) is 0 Å². The van der Waals surface area contributed by atoms with Crippen LogP contribution in [0.1, 0.15) is 362 Å². The maximum absolute atomic E-state index is 12.3. The summed E-state index contributed by atoms with van der Waals surface area (Å²) in [4.78, 5) is 45.3. The van der Waals surface area contributed by atoms with Crippen molar-refractivity contribution in [1.29, 1.82) is 0 Å². The Morgan fingerprint density at radius 3 is 0.676 bits per heavy atom. The third kappa shape index (κ3) is 65.2. The number of unbranched alkanes of at least 4 members (excludes halogenated alkanes) is 38. The van der Waals surface area contributed by atoms with E-state index in [1.54, 1.807) is 0 Å². The van der Waals surface area contributed by atoms with Gasteiger partial charge in [-0.25, -0.2) is 0 Å². The maximum Gasteiger partial charge on any atom is 2.00 e. The molecule has 8 nitrogen and oxygen atoms in total. The molecule has 0 amide bonds. The van der Waals surface area contributed by atoms with Gasteiger partial charge in [0, 0.05) is 24.8 Å². The molecular weight excluding hydrogens is 913 g/mol. The summed E-state index contributed by atoms with van der Waals surface area (Å²) in [6, 6.07) is 0. The van der Waals surface area contributed by atoms with E-state index in [2.05, 4.69) is 27.7 Å². The quantitative estimate of drug-likeness (QED) is 0.0334. The van der Waals surface area contributed by atoms with Crippen LogP contribution in [0, 0.1) is 0 Å². The van der Waals surface area contributed by atoms with E-state index in [9.17, 15) is 29.4 Å². The number of hydrogen-bond donors (Lipinski definition) is 0. The molecule has 0 aromatic carbocycles. The standard InChI is InChI=1S/2C31H60O4.Ca/c2*1-3-5-6-7-8-9-15-18-21-24-28-31(34)35-29(25-4-2)26-22-19-16-13-11-10-12-14-17-20-23-27-30(32)33;/h2*29H,3-28H2,1-2H3,(H,32,33);/q;;+2/p-2. The van der Waals surface area contributed by atoms with Gasteiger partial charge in [-0.1, -0.05) is 272 Å². The molecule has 0 heterocycles. The number of rotatable bonds is 56. The molecule has 0 fully saturated rings. The monoisotopic (exact) mass is 1030 g/mol. The molecule has 0 saturated carbocycles. The Kier molecular flexibility index (Phi) is 66.5. The Morgan fingerprint density at radius 1 is 0.268 bits per heavy atom. The number of carboxylic acids is 2. The molecule has 0 aliphatic rings. The van der Waals surface area contributed by atoms with Gasteiger partial charge in [-0.05, 0) is 77.0 Å². The van der Waals surface area contributed by atoms with E-state index in [1.807, 2.05) is 0 Å². The minimum atomic E-state index is -0.923. The predicted molar refractivity (Wildman–Crippen MR) is 298 cm³/mol. The minimum Gasteiger partial charge on any atom is -0.550 e. The fourth-order valence-corrected chi connectivity index (χ4v) is 9.64. The third-order valence-electron chi connectivity index (χ3n) is 14.1.